The molecule has 3 rings (SSSR count). The van der Waals surface area contributed by atoms with Gasteiger partial charge >= 0.3 is 0 Å². The Morgan fingerprint density at radius 2 is 1.69 bits per heavy atom. The largest absolute Gasteiger partial charge is 0.321 e. The molecular formula is C17H15Cl3N2O3S. The Morgan fingerprint density at radius 1 is 1.00 bits per heavy atom. The maximum atomic E-state index is 12.8. The van der Waals surface area contributed by atoms with Gasteiger partial charge in [0.15, 0.2) is 0 Å². The van der Waals surface area contributed by atoms with Gasteiger partial charge in [0.25, 0.3) is 5.91 Å². The van der Waals surface area contributed by atoms with Crippen LogP contribution in [-0.4, -0.2) is 31.7 Å². The maximum Gasteiger partial charge on any atom is 0.255 e. The second-order valence-corrected chi connectivity index (χ2v) is 8.91. The highest BCUT2D eigenvalue weighted by atomic mass is 35.5. The Hall–Kier alpha value is -1.31. The highest BCUT2D eigenvalue weighted by molar-refractivity contribution is 7.89. The van der Waals surface area contributed by atoms with Crippen LogP contribution < -0.4 is 5.32 Å². The van der Waals surface area contributed by atoms with Crippen molar-refractivity contribution in [1.29, 1.82) is 0 Å². The van der Waals surface area contributed by atoms with Crippen LogP contribution in [0.1, 0.15) is 23.2 Å². The number of hydrogen-bond acceptors (Lipinski definition) is 3. The summed E-state index contributed by atoms with van der Waals surface area (Å²) >= 11 is 18.1. The summed E-state index contributed by atoms with van der Waals surface area (Å²) in [6.07, 6.45) is 1.62. The van der Waals surface area contributed by atoms with Gasteiger partial charge in [-0.3, -0.25) is 4.79 Å². The zero-order chi connectivity index (χ0) is 18.9. The molecule has 0 saturated carbocycles. The van der Waals surface area contributed by atoms with E-state index in [-0.39, 0.29) is 20.5 Å². The summed E-state index contributed by atoms with van der Waals surface area (Å²) in [5, 5.41) is 3.22. The molecule has 1 N–H and O–H groups in total. The molecule has 138 valence electrons. The van der Waals surface area contributed by atoms with Gasteiger partial charge < -0.3 is 5.32 Å². The lowest BCUT2D eigenvalue weighted by Gasteiger charge is -2.17. The van der Waals surface area contributed by atoms with Crippen molar-refractivity contribution in [2.75, 3.05) is 18.4 Å². The molecule has 1 aliphatic rings. The normalized spacial score (nSPS) is 15.2. The molecule has 0 spiro atoms. The highest BCUT2D eigenvalue weighted by Crippen LogP contribution is 2.31. The Kier molecular flexibility index (Phi) is 5.79. The number of amides is 1. The molecule has 0 unspecified atom stereocenters. The maximum absolute atomic E-state index is 12.8. The fourth-order valence-corrected chi connectivity index (χ4v) is 5.07. The zero-order valence-corrected chi connectivity index (χ0v) is 16.6. The van der Waals surface area contributed by atoms with Crippen molar-refractivity contribution in [3.63, 3.8) is 0 Å². The van der Waals surface area contributed by atoms with E-state index in [9.17, 15) is 13.2 Å². The molecule has 1 heterocycles. The van der Waals surface area contributed by atoms with E-state index in [1.54, 1.807) is 18.2 Å². The summed E-state index contributed by atoms with van der Waals surface area (Å²) in [6.45, 7) is 0.903. The number of carbonyl (C=O) groups is 1. The number of rotatable bonds is 4. The van der Waals surface area contributed by atoms with E-state index >= 15 is 0 Å². The average Bonchev–Trinajstić information content (AvgIpc) is 3.14. The van der Waals surface area contributed by atoms with Crippen LogP contribution in [0.15, 0.2) is 41.3 Å². The Bertz CT molecular complexity index is 958. The molecule has 0 aromatic heterocycles. The van der Waals surface area contributed by atoms with Crippen LogP contribution in [-0.2, 0) is 10.0 Å². The lowest BCUT2D eigenvalue weighted by molar-refractivity contribution is 0.102. The van der Waals surface area contributed by atoms with Gasteiger partial charge in [0.1, 0.15) is 4.90 Å². The predicted octanol–water partition coefficient (Wildman–Crippen LogP) is 4.68. The van der Waals surface area contributed by atoms with E-state index in [1.807, 2.05) is 0 Å². The van der Waals surface area contributed by atoms with Crippen molar-refractivity contribution >= 4 is 56.4 Å². The van der Waals surface area contributed by atoms with Crippen LogP contribution >= 0.6 is 34.8 Å². The molecule has 2 aromatic rings. The third-order valence-corrected chi connectivity index (χ3v) is 7.28. The van der Waals surface area contributed by atoms with E-state index in [0.717, 1.165) is 12.8 Å². The van der Waals surface area contributed by atoms with Gasteiger partial charge in [-0.25, -0.2) is 8.42 Å². The third-order valence-electron chi connectivity index (χ3n) is 4.08. The second kappa shape index (κ2) is 7.74. The topological polar surface area (TPSA) is 66.5 Å². The van der Waals surface area contributed by atoms with Crippen LogP contribution in [0.5, 0.6) is 0 Å². The molecule has 1 amide bonds. The smallest absolute Gasteiger partial charge is 0.255 e. The van der Waals surface area contributed by atoms with E-state index in [4.69, 9.17) is 34.8 Å². The molecule has 0 bridgehead atoms. The van der Waals surface area contributed by atoms with E-state index in [0.29, 0.717) is 23.8 Å². The predicted molar refractivity (Wildman–Crippen MR) is 104 cm³/mol. The molecule has 0 atom stereocenters. The van der Waals surface area contributed by atoms with Gasteiger partial charge in [0, 0.05) is 18.7 Å². The average molecular weight is 434 g/mol. The Morgan fingerprint density at radius 3 is 2.38 bits per heavy atom. The van der Waals surface area contributed by atoms with Crippen molar-refractivity contribution in [2.45, 2.75) is 17.7 Å². The summed E-state index contributed by atoms with van der Waals surface area (Å²) in [5.74, 6) is -0.510. The third kappa shape index (κ3) is 3.85. The minimum absolute atomic E-state index is 0.0779. The SMILES string of the molecule is O=C(Nc1cccc(Cl)c1Cl)c1ccc(Cl)c(S(=O)(=O)N2CCCC2)c1. The number of benzene rings is 2. The number of carbonyl (C=O) groups excluding carboxylic acids is 1. The van der Waals surface area contributed by atoms with Gasteiger partial charge in [-0.1, -0.05) is 40.9 Å². The summed E-state index contributed by atoms with van der Waals surface area (Å²) < 4.78 is 26.9. The molecule has 1 aliphatic heterocycles. The van der Waals surface area contributed by atoms with E-state index < -0.39 is 15.9 Å². The number of nitrogens with zero attached hydrogens (tertiary/aromatic N) is 1. The molecule has 9 heteroatoms. The van der Waals surface area contributed by atoms with Gasteiger partial charge in [-0.2, -0.15) is 4.31 Å². The first-order valence-corrected chi connectivity index (χ1v) is 10.4. The van der Waals surface area contributed by atoms with Crippen molar-refractivity contribution in [3.05, 3.63) is 57.0 Å². The number of anilines is 1. The van der Waals surface area contributed by atoms with Crippen molar-refractivity contribution in [3.8, 4) is 0 Å². The molecule has 26 heavy (non-hydrogen) atoms. The number of halogens is 3. The van der Waals surface area contributed by atoms with Crippen molar-refractivity contribution < 1.29 is 13.2 Å². The van der Waals surface area contributed by atoms with Crippen LogP contribution in [0.4, 0.5) is 5.69 Å². The van der Waals surface area contributed by atoms with Crippen LogP contribution in [0.25, 0.3) is 0 Å². The van der Waals surface area contributed by atoms with Crippen molar-refractivity contribution in [2.24, 2.45) is 0 Å². The molecule has 0 aliphatic carbocycles. The first-order chi connectivity index (χ1) is 12.3. The van der Waals surface area contributed by atoms with Crippen molar-refractivity contribution in [1.82, 2.24) is 4.31 Å². The molecule has 2 aromatic carbocycles. The highest BCUT2D eigenvalue weighted by Gasteiger charge is 2.29. The fourth-order valence-electron chi connectivity index (χ4n) is 2.70. The number of sulfonamides is 1. The Balaban J connectivity index is 1.92. The molecule has 5 nitrogen and oxygen atoms in total. The molecule has 0 radical (unpaired) electrons. The Labute approximate surface area is 166 Å². The van der Waals surface area contributed by atoms with Crippen LogP contribution in [0.3, 0.4) is 0 Å². The number of nitrogens with one attached hydrogen (secondary N) is 1. The van der Waals surface area contributed by atoms with Gasteiger partial charge in [-0.05, 0) is 43.2 Å². The summed E-state index contributed by atoms with van der Waals surface area (Å²) in [5.41, 5.74) is 0.492. The lowest BCUT2D eigenvalue weighted by atomic mass is 10.2. The summed E-state index contributed by atoms with van der Waals surface area (Å²) in [6, 6.07) is 8.99. The molecular weight excluding hydrogens is 419 g/mol. The minimum Gasteiger partial charge on any atom is -0.321 e. The van der Waals surface area contributed by atoms with Gasteiger partial charge in [0.05, 0.1) is 20.8 Å². The first-order valence-electron chi connectivity index (χ1n) is 7.86. The van der Waals surface area contributed by atoms with Gasteiger partial charge in [0.2, 0.25) is 10.0 Å². The quantitative estimate of drug-likeness (QED) is 0.761. The minimum atomic E-state index is -3.74. The molecule has 1 saturated heterocycles. The first kappa shape index (κ1) is 19.5. The van der Waals surface area contributed by atoms with Crippen LogP contribution in [0.2, 0.25) is 15.1 Å². The summed E-state index contributed by atoms with van der Waals surface area (Å²) in [4.78, 5) is 12.4. The monoisotopic (exact) mass is 432 g/mol. The summed E-state index contributed by atoms with van der Waals surface area (Å²) in [7, 11) is -3.74. The van der Waals surface area contributed by atoms with E-state index in [2.05, 4.69) is 5.32 Å². The second-order valence-electron chi connectivity index (χ2n) is 5.81. The van der Waals surface area contributed by atoms with E-state index in [1.165, 1.54) is 22.5 Å². The fraction of sp³-hybridized carbons (Fsp3) is 0.235. The number of hydrogen-bond donors (Lipinski definition) is 1. The lowest BCUT2D eigenvalue weighted by Crippen LogP contribution is -2.28. The standard InChI is InChI=1S/C17H15Cl3N2O3S/c18-12-7-6-11(10-15(12)26(24,25)22-8-1-2-9-22)17(23)21-14-5-3-4-13(19)16(14)20/h3-7,10H,1-2,8-9H2,(H,21,23). The molecule has 1 fully saturated rings. The van der Waals surface area contributed by atoms with Gasteiger partial charge in [-0.15, -0.1) is 0 Å². The van der Waals surface area contributed by atoms with Crippen LogP contribution in [0, 0.1) is 0 Å². The zero-order valence-electron chi connectivity index (χ0n) is 13.5.